The van der Waals surface area contributed by atoms with E-state index in [-0.39, 0.29) is 29.4 Å². The van der Waals surface area contributed by atoms with Crippen LogP contribution in [0.4, 0.5) is 0 Å². The van der Waals surface area contributed by atoms with Crippen LogP contribution in [-0.2, 0) is 6.54 Å². The van der Waals surface area contributed by atoms with Crippen molar-refractivity contribution in [1.82, 2.24) is 24.7 Å². The van der Waals surface area contributed by atoms with E-state index in [0.29, 0.717) is 28.6 Å². The SMILES string of the molecule is Cc1cc(C#N)nc2ncn(Cc3nc(C4CC(c5ccc(Cl)cc5)C4)no3)c(=O)c12. The van der Waals surface area contributed by atoms with Crippen LogP contribution in [0.15, 0.2) is 46.0 Å². The minimum Gasteiger partial charge on any atom is -0.337 e. The van der Waals surface area contributed by atoms with Gasteiger partial charge in [0.2, 0.25) is 5.89 Å². The number of nitriles is 1. The molecule has 0 aliphatic heterocycles. The molecular formula is C22H17ClN6O2. The van der Waals surface area contributed by atoms with E-state index in [0.717, 1.165) is 17.9 Å². The summed E-state index contributed by atoms with van der Waals surface area (Å²) in [6, 6.07) is 11.5. The molecular weight excluding hydrogens is 416 g/mol. The fourth-order valence-corrected chi connectivity index (χ4v) is 4.11. The number of hydrogen-bond donors (Lipinski definition) is 0. The Kier molecular flexibility index (Phi) is 4.75. The molecule has 0 spiro atoms. The zero-order valence-corrected chi connectivity index (χ0v) is 17.4. The number of benzene rings is 1. The Hall–Kier alpha value is -3.57. The van der Waals surface area contributed by atoms with Crippen molar-refractivity contribution < 1.29 is 4.52 Å². The highest BCUT2D eigenvalue weighted by molar-refractivity contribution is 6.30. The highest BCUT2D eigenvalue weighted by atomic mass is 35.5. The molecule has 1 saturated carbocycles. The van der Waals surface area contributed by atoms with Crippen LogP contribution in [0.3, 0.4) is 0 Å². The molecule has 0 radical (unpaired) electrons. The standard InChI is InChI=1S/C22H17ClN6O2/c1-12-6-17(9-24)26-21-19(12)22(30)29(11-25-21)10-18-27-20(28-31-18)15-7-14(8-15)13-2-4-16(23)5-3-13/h2-6,11,14-15H,7-8,10H2,1H3. The first kappa shape index (κ1) is 19.4. The van der Waals surface area contributed by atoms with Gasteiger partial charge in [-0.2, -0.15) is 10.2 Å². The Morgan fingerprint density at radius 2 is 2.00 bits per heavy atom. The molecule has 0 N–H and O–H groups in total. The van der Waals surface area contributed by atoms with E-state index in [2.05, 4.69) is 32.2 Å². The summed E-state index contributed by atoms with van der Waals surface area (Å²) in [5, 5.41) is 14.3. The van der Waals surface area contributed by atoms with Crippen LogP contribution in [0.1, 0.15) is 53.2 Å². The second kappa shape index (κ2) is 7.60. The maximum absolute atomic E-state index is 12.9. The fraction of sp³-hybridized carbons (Fsp3) is 0.273. The van der Waals surface area contributed by atoms with Gasteiger partial charge in [0.25, 0.3) is 5.56 Å². The van der Waals surface area contributed by atoms with Crippen molar-refractivity contribution in [3.8, 4) is 6.07 Å². The maximum Gasteiger partial charge on any atom is 0.263 e. The van der Waals surface area contributed by atoms with Gasteiger partial charge in [0, 0.05) is 10.9 Å². The van der Waals surface area contributed by atoms with Gasteiger partial charge in [-0.05, 0) is 55.0 Å². The van der Waals surface area contributed by atoms with Crippen LogP contribution in [-0.4, -0.2) is 24.7 Å². The van der Waals surface area contributed by atoms with Crippen LogP contribution in [0.5, 0.6) is 0 Å². The van der Waals surface area contributed by atoms with E-state index in [1.807, 2.05) is 18.2 Å². The van der Waals surface area contributed by atoms with Gasteiger partial charge in [-0.1, -0.05) is 28.9 Å². The number of rotatable bonds is 4. The summed E-state index contributed by atoms with van der Waals surface area (Å²) in [5.74, 6) is 1.72. The molecule has 0 saturated heterocycles. The topological polar surface area (TPSA) is 110 Å². The minimum atomic E-state index is -0.259. The van der Waals surface area contributed by atoms with Crippen LogP contribution < -0.4 is 5.56 Å². The van der Waals surface area contributed by atoms with Crippen molar-refractivity contribution in [2.45, 2.75) is 38.1 Å². The van der Waals surface area contributed by atoms with Crippen molar-refractivity contribution in [3.05, 3.63) is 80.6 Å². The minimum absolute atomic E-state index is 0.127. The van der Waals surface area contributed by atoms with Crippen molar-refractivity contribution in [2.24, 2.45) is 0 Å². The summed E-state index contributed by atoms with van der Waals surface area (Å²) in [4.78, 5) is 25.7. The van der Waals surface area contributed by atoms with E-state index in [1.165, 1.54) is 16.5 Å². The third-order valence-electron chi connectivity index (χ3n) is 5.74. The van der Waals surface area contributed by atoms with E-state index >= 15 is 0 Å². The average molecular weight is 433 g/mol. The molecule has 0 atom stereocenters. The lowest BCUT2D eigenvalue weighted by molar-refractivity contribution is 0.315. The quantitative estimate of drug-likeness (QED) is 0.483. The fourth-order valence-electron chi connectivity index (χ4n) is 3.98. The van der Waals surface area contributed by atoms with Gasteiger partial charge in [-0.15, -0.1) is 0 Å². The van der Waals surface area contributed by atoms with Crippen molar-refractivity contribution in [3.63, 3.8) is 0 Å². The Labute approximate surface area is 182 Å². The number of pyridine rings is 1. The lowest BCUT2D eigenvalue weighted by Crippen LogP contribution is -2.23. The first-order valence-corrected chi connectivity index (χ1v) is 10.2. The number of hydrogen-bond acceptors (Lipinski definition) is 7. The van der Waals surface area contributed by atoms with Gasteiger partial charge in [0.05, 0.1) is 5.39 Å². The Balaban J connectivity index is 1.32. The first-order valence-electron chi connectivity index (χ1n) is 9.86. The molecule has 0 bridgehead atoms. The van der Waals surface area contributed by atoms with Crippen molar-refractivity contribution in [1.29, 1.82) is 5.26 Å². The highest BCUT2D eigenvalue weighted by Gasteiger charge is 2.34. The summed E-state index contributed by atoms with van der Waals surface area (Å²) < 4.78 is 6.81. The Morgan fingerprint density at radius 1 is 1.23 bits per heavy atom. The van der Waals surface area contributed by atoms with Gasteiger partial charge in [-0.25, -0.2) is 9.97 Å². The van der Waals surface area contributed by atoms with E-state index in [1.54, 1.807) is 13.0 Å². The average Bonchev–Trinajstić information content (AvgIpc) is 3.18. The second-order valence-corrected chi connectivity index (χ2v) is 8.21. The summed E-state index contributed by atoms with van der Waals surface area (Å²) in [6.07, 6.45) is 3.29. The largest absolute Gasteiger partial charge is 0.337 e. The molecule has 8 nitrogen and oxygen atoms in total. The molecule has 4 aromatic rings. The lowest BCUT2D eigenvalue weighted by atomic mass is 9.71. The molecule has 1 aliphatic carbocycles. The smallest absolute Gasteiger partial charge is 0.263 e. The predicted molar refractivity (Wildman–Crippen MR) is 113 cm³/mol. The number of aryl methyl sites for hydroxylation is 1. The summed E-state index contributed by atoms with van der Waals surface area (Å²) in [7, 11) is 0. The van der Waals surface area contributed by atoms with E-state index in [4.69, 9.17) is 21.4 Å². The monoisotopic (exact) mass is 432 g/mol. The summed E-state index contributed by atoms with van der Waals surface area (Å²) in [6.45, 7) is 1.89. The molecule has 1 aromatic carbocycles. The summed E-state index contributed by atoms with van der Waals surface area (Å²) in [5.41, 5.74) is 2.15. The third-order valence-corrected chi connectivity index (χ3v) is 5.99. The predicted octanol–water partition coefficient (Wildman–Crippen LogP) is 3.72. The van der Waals surface area contributed by atoms with Gasteiger partial charge in [0.1, 0.15) is 24.6 Å². The third kappa shape index (κ3) is 3.57. The highest BCUT2D eigenvalue weighted by Crippen LogP contribution is 2.46. The summed E-state index contributed by atoms with van der Waals surface area (Å²) >= 11 is 5.96. The first-order chi connectivity index (χ1) is 15.0. The maximum atomic E-state index is 12.9. The molecule has 3 heterocycles. The van der Waals surface area contributed by atoms with E-state index in [9.17, 15) is 4.79 Å². The molecule has 31 heavy (non-hydrogen) atoms. The van der Waals surface area contributed by atoms with Crippen molar-refractivity contribution in [2.75, 3.05) is 0 Å². The Morgan fingerprint density at radius 3 is 2.74 bits per heavy atom. The van der Waals surface area contributed by atoms with Gasteiger partial charge in [0.15, 0.2) is 11.5 Å². The number of nitrogens with zero attached hydrogens (tertiary/aromatic N) is 6. The molecule has 9 heteroatoms. The second-order valence-electron chi connectivity index (χ2n) is 7.78. The molecule has 0 amide bonds. The van der Waals surface area contributed by atoms with Gasteiger partial charge >= 0.3 is 0 Å². The lowest BCUT2D eigenvalue weighted by Gasteiger charge is -2.33. The molecule has 3 aromatic heterocycles. The zero-order valence-electron chi connectivity index (χ0n) is 16.6. The molecule has 154 valence electrons. The van der Waals surface area contributed by atoms with Gasteiger partial charge in [-0.3, -0.25) is 9.36 Å². The van der Waals surface area contributed by atoms with E-state index < -0.39 is 0 Å². The molecule has 5 rings (SSSR count). The van der Waals surface area contributed by atoms with Crippen LogP contribution in [0, 0.1) is 18.3 Å². The van der Waals surface area contributed by atoms with Crippen LogP contribution in [0.25, 0.3) is 11.0 Å². The number of aromatic nitrogens is 5. The normalized spacial score (nSPS) is 18.0. The number of halogens is 1. The van der Waals surface area contributed by atoms with Crippen LogP contribution >= 0.6 is 11.6 Å². The van der Waals surface area contributed by atoms with Crippen LogP contribution in [0.2, 0.25) is 5.02 Å². The number of fused-ring (bicyclic) bond motifs is 1. The molecule has 1 fully saturated rings. The molecule has 1 aliphatic rings. The zero-order chi connectivity index (χ0) is 21.5. The molecule has 0 unspecified atom stereocenters. The Bertz CT molecular complexity index is 1380. The van der Waals surface area contributed by atoms with Crippen molar-refractivity contribution >= 4 is 22.6 Å². The van der Waals surface area contributed by atoms with Gasteiger partial charge < -0.3 is 4.52 Å².